The molecule has 22 heavy (non-hydrogen) atoms. The van der Waals surface area contributed by atoms with E-state index in [4.69, 9.17) is 0 Å². The van der Waals surface area contributed by atoms with Gasteiger partial charge in [-0.1, -0.05) is 30.3 Å². The third-order valence-electron chi connectivity index (χ3n) is 4.68. The summed E-state index contributed by atoms with van der Waals surface area (Å²) in [6.07, 6.45) is 2.00. The molecule has 1 aromatic carbocycles. The first-order valence-corrected chi connectivity index (χ1v) is 7.18. The van der Waals surface area contributed by atoms with Gasteiger partial charge in [-0.15, -0.1) is 24.8 Å². The molecule has 0 unspecified atom stereocenters. The van der Waals surface area contributed by atoms with Crippen LogP contribution in [0.2, 0.25) is 0 Å². The number of hydrogen-bond acceptors (Lipinski definition) is 3. The molecule has 122 valence electrons. The van der Waals surface area contributed by atoms with Crippen molar-refractivity contribution in [3.8, 4) is 0 Å². The van der Waals surface area contributed by atoms with E-state index in [1.165, 1.54) is 10.5 Å². The zero-order valence-corrected chi connectivity index (χ0v) is 14.3. The van der Waals surface area contributed by atoms with Gasteiger partial charge in [0.1, 0.15) is 0 Å². The van der Waals surface area contributed by atoms with Gasteiger partial charge in [0.2, 0.25) is 11.8 Å². The molecule has 2 saturated heterocycles. The molecular formula is C16H22Cl2N2O2. The minimum atomic E-state index is -0.404. The van der Waals surface area contributed by atoms with Gasteiger partial charge in [-0.25, -0.2) is 0 Å². The number of likely N-dealkylation sites (tertiary alicyclic amines) is 2. The first kappa shape index (κ1) is 18.9. The number of piperidine rings is 1. The van der Waals surface area contributed by atoms with Crippen molar-refractivity contribution in [1.82, 2.24) is 9.80 Å². The van der Waals surface area contributed by atoms with E-state index < -0.39 is 5.41 Å². The van der Waals surface area contributed by atoms with Crippen LogP contribution >= 0.6 is 24.8 Å². The molecule has 0 saturated carbocycles. The molecule has 6 heteroatoms. The van der Waals surface area contributed by atoms with Crippen molar-refractivity contribution in [2.24, 2.45) is 5.41 Å². The van der Waals surface area contributed by atoms with Crippen LogP contribution in [-0.4, -0.2) is 41.8 Å². The Morgan fingerprint density at radius 1 is 1.05 bits per heavy atom. The van der Waals surface area contributed by atoms with E-state index in [9.17, 15) is 9.59 Å². The summed E-state index contributed by atoms with van der Waals surface area (Å²) in [4.78, 5) is 27.7. The molecule has 1 aromatic rings. The second-order valence-corrected chi connectivity index (χ2v) is 5.98. The summed E-state index contributed by atoms with van der Waals surface area (Å²) in [5.41, 5.74) is 0.897. The van der Waals surface area contributed by atoms with E-state index in [0.29, 0.717) is 6.42 Å². The molecule has 2 amide bonds. The number of rotatable bonds is 2. The molecule has 2 aliphatic rings. The lowest BCUT2D eigenvalue weighted by Gasteiger charge is -2.37. The number of halogens is 2. The second kappa shape index (κ2) is 7.44. The van der Waals surface area contributed by atoms with Crippen molar-refractivity contribution in [3.05, 3.63) is 35.9 Å². The normalized spacial score (nSPS) is 20.7. The monoisotopic (exact) mass is 344 g/mol. The zero-order chi connectivity index (χ0) is 14.2. The van der Waals surface area contributed by atoms with Crippen LogP contribution < -0.4 is 0 Å². The maximum Gasteiger partial charge on any atom is 0.235 e. The van der Waals surface area contributed by atoms with Crippen molar-refractivity contribution in [2.75, 3.05) is 20.1 Å². The highest BCUT2D eigenvalue weighted by Gasteiger charge is 2.51. The minimum absolute atomic E-state index is 0. The fourth-order valence-corrected chi connectivity index (χ4v) is 3.32. The summed E-state index contributed by atoms with van der Waals surface area (Å²) in [6, 6.07) is 10.4. The number of amides is 2. The predicted octanol–water partition coefficient (Wildman–Crippen LogP) is 2.50. The quantitative estimate of drug-likeness (QED) is 0.774. The van der Waals surface area contributed by atoms with Gasteiger partial charge < -0.3 is 0 Å². The van der Waals surface area contributed by atoms with Gasteiger partial charge in [0.25, 0.3) is 0 Å². The Morgan fingerprint density at radius 2 is 1.64 bits per heavy atom. The fourth-order valence-electron chi connectivity index (χ4n) is 3.32. The van der Waals surface area contributed by atoms with E-state index in [-0.39, 0.29) is 36.6 Å². The number of imide groups is 1. The summed E-state index contributed by atoms with van der Waals surface area (Å²) in [7, 11) is 1.61. The highest BCUT2D eigenvalue weighted by Crippen LogP contribution is 2.41. The van der Waals surface area contributed by atoms with Crippen molar-refractivity contribution < 1.29 is 9.59 Å². The lowest BCUT2D eigenvalue weighted by Crippen LogP contribution is -2.43. The fraction of sp³-hybridized carbons (Fsp3) is 0.500. The molecule has 2 fully saturated rings. The van der Waals surface area contributed by atoms with E-state index in [0.717, 1.165) is 32.5 Å². The molecular weight excluding hydrogens is 323 g/mol. The second-order valence-electron chi connectivity index (χ2n) is 5.98. The van der Waals surface area contributed by atoms with Crippen molar-refractivity contribution in [3.63, 3.8) is 0 Å². The van der Waals surface area contributed by atoms with Gasteiger partial charge in [-0.3, -0.25) is 19.4 Å². The molecule has 4 nitrogen and oxygen atoms in total. The molecule has 0 bridgehead atoms. The third-order valence-corrected chi connectivity index (χ3v) is 4.68. The first-order chi connectivity index (χ1) is 9.61. The average molecular weight is 345 g/mol. The van der Waals surface area contributed by atoms with Gasteiger partial charge in [-0.05, 0) is 31.5 Å². The van der Waals surface area contributed by atoms with E-state index in [1.807, 2.05) is 6.07 Å². The van der Waals surface area contributed by atoms with Crippen LogP contribution in [-0.2, 0) is 16.1 Å². The topological polar surface area (TPSA) is 40.6 Å². The van der Waals surface area contributed by atoms with E-state index >= 15 is 0 Å². The molecule has 2 heterocycles. The minimum Gasteiger partial charge on any atom is -0.299 e. The summed E-state index contributed by atoms with van der Waals surface area (Å²) in [6.45, 7) is 2.71. The Balaban J connectivity index is 0.00000121. The molecule has 0 N–H and O–H groups in total. The van der Waals surface area contributed by atoms with Crippen LogP contribution in [0, 0.1) is 5.41 Å². The Morgan fingerprint density at radius 3 is 2.14 bits per heavy atom. The summed E-state index contributed by atoms with van der Waals surface area (Å²) < 4.78 is 0. The lowest BCUT2D eigenvalue weighted by atomic mass is 9.77. The van der Waals surface area contributed by atoms with Crippen LogP contribution in [0.25, 0.3) is 0 Å². The molecule has 0 aromatic heterocycles. The highest BCUT2D eigenvalue weighted by atomic mass is 35.5. The Kier molecular flexibility index (Phi) is 6.41. The lowest BCUT2D eigenvalue weighted by molar-refractivity contribution is -0.141. The Hall–Kier alpha value is -1.10. The van der Waals surface area contributed by atoms with Crippen molar-refractivity contribution in [1.29, 1.82) is 0 Å². The van der Waals surface area contributed by atoms with Crippen molar-refractivity contribution >= 4 is 36.6 Å². The van der Waals surface area contributed by atoms with Gasteiger partial charge in [-0.2, -0.15) is 0 Å². The number of carbonyl (C=O) groups is 2. The summed E-state index contributed by atoms with van der Waals surface area (Å²) >= 11 is 0. The zero-order valence-electron chi connectivity index (χ0n) is 12.7. The Bertz CT molecular complexity index is 528. The molecule has 3 rings (SSSR count). The van der Waals surface area contributed by atoms with Crippen LogP contribution in [0.1, 0.15) is 24.8 Å². The maximum absolute atomic E-state index is 12.2. The number of hydrogen-bond donors (Lipinski definition) is 0. The van der Waals surface area contributed by atoms with E-state index in [1.54, 1.807) is 7.05 Å². The third kappa shape index (κ3) is 3.45. The molecule has 0 aliphatic carbocycles. The van der Waals surface area contributed by atoms with E-state index in [2.05, 4.69) is 29.2 Å². The number of nitrogens with zero attached hydrogens (tertiary/aromatic N) is 2. The van der Waals surface area contributed by atoms with Gasteiger partial charge in [0, 0.05) is 20.0 Å². The van der Waals surface area contributed by atoms with Crippen LogP contribution in [0.15, 0.2) is 30.3 Å². The van der Waals surface area contributed by atoms with Crippen molar-refractivity contribution in [2.45, 2.75) is 25.8 Å². The molecule has 2 aliphatic heterocycles. The van der Waals surface area contributed by atoms with Crippen LogP contribution in [0.3, 0.4) is 0 Å². The number of benzene rings is 1. The summed E-state index contributed by atoms with van der Waals surface area (Å²) in [5, 5.41) is 0. The highest BCUT2D eigenvalue weighted by molar-refractivity contribution is 6.05. The van der Waals surface area contributed by atoms with Crippen LogP contribution in [0.4, 0.5) is 0 Å². The molecule has 0 atom stereocenters. The summed E-state index contributed by atoms with van der Waals surface area (Å²) in [5.74, 6) is 0.00775. The standard InChI is InChI=1S/C16H20N2O2.2ClH/c1-17-14(19)11-16(15(17)20)7-9-18(10-8-16)12-13-5-3-2-4-6-13;;/h2-6H,7-12H2,1H3;2*1H. The molecule has 1 spiro atoms. The smallest absolute Gasteiger partial charge is 0.235 e. The number of carbonyl (C=O) groups excluding carboxylic acids is 2. The van der Waals surface area contributed by atoms with Gasteiger partial charge in [0.15, 0.2) is 0 Å². The maximum atomic E-state index is 12.2. The predicted molar refractivity (Wildman–Crippen MR) is 90.3 cm³/mol. The van der Waals surface area contributed by atoms with Gasteiger partial charge in [0.05, 0.1) is 5.41 Å². The molecule has 0 radical (unpaired) electrons. The largest absolute Gasteiger partial charge is 0.299 e. The van der Waals surface area contributed by atoms with Crippen LogP contribution in [0.5, 0.6) is 0 Å². The average Bonchev–Trinajstić information content (AvgIpc) is 2.68. The SMILES string of the molecule is CN1C(=O)CC2(CCN(Cc3ccccc3)CC2)C1=O.Cl.Cl. The Labute approximate surface area is 143 Å². The van der Waals surface area contributed by atoms with Gasteiger partial charge >= 0.3 is 0 Å². The first-order valence-electron chi connectivity index (χ1n) is 7.18.